The van der Waals surface area contributed by atoms with Crippen LogP contribution in [0.3, 0.4) is 0 Å². The van der Waals surface area contributed by atoms with Crippen LogP contribution < -0.4 is 0 Å². The second kappa shape index (κ2) is 6.80. The molecule has 0 aromatic rings. The van der Waals surface area contributed by atoms with E-state index in [1.807, 2.05) is 6.92 Å². The summed E-state index contributed by atoms with van der Waals surface area (Å²) in [5.74, 6) is -0.0818. The van der Waals surface area contributed by atoms with Crippen molar-refractivity contribution in [1.29, 1.82) is 0 Å². The molecular formula is C14H20O2S. The van der Waals surface area contributed by atoms with Crippen molar-refractivity contribution < 1.29 is 9.59 Å². The molecule has 0 aromatic carbocycles. The van der Waals surface area contributed by atoms with Crippen LogP contribution in [-0.4, -0.2) is 11.6 Å². The zero-order chi connectivity index (χ0) is 12.8. The summed E-state index contributed by atoms with van der Waals surface area (Å²) in [6.07, 6.45) is 8.34. The highest BCUT2D eigenvalue weighted by molar-refractivity contribution is 7.85. The van der Waals surface area contributed by atoms with Crippen molar-refractivity contribution in [1.82, 2.24) is 0 Å². The monoisotopic (exact) mass is 252 g/mol. The number of hydrogen-bond donors (Lipinski definition) is 1. The molecule has 0 heterocycles. The Balaban J connectivity index is 2.61. The van der Waals surface area contributed by atoms with E-state index >= 15 is 0 Å². The lowest BCUT2D eigenvalue weighted by atomic mass is 9.88. The largest absolute Gasteiger partial charge is 0.290 e. The Morgan fingerprint density at radius 3 is 2.41 bits per heavy atom. The van der Waals surface area contributed by atoms with E-state index in [9.17, 15) is 9.59 Å². The Kier molecular flexibility index (Phi) is 5.69. The van der Waals surface area contributed by atoms with Gasteiger partial charge in [-0.2, -0.15) is 0 Å². The van der Waals surface area contributed by atoms with Crippen LogP contribution >= 0.6 is 12.6 Å². The molecule has 0 saturated carbocycles. The van der Waals surface area contributed by atoms with E-state index in [4.69, 9.17) is 0 Å². The molecule has 1 aliphatic rings. The minimum Gasteiger partial charge on any atom is -0.290 e. The molecule has 0 radical (unpaired) electrons. The van der Waals surface area contributed by atoms with Crippen LogP contribution in [0.5, 0.6) is 0 Å². The van der Waals surface area contributed by atoms with E-state index in [0.29, 0.717) is 10.5 Å². The summed E-state index contributed by atoms with van der Waals surface area (Å²) in [7, 11) is 0. The van der Waals surface area contributed by atoms with Crippen LogP contribution in [0, 0.1) is 5.92 Å². The van der Waals surface area contributed by atoms with Gasteiger partial charge < -0.3 is 0 Å². The zero-order valence-electron chi connectivity index (χ0n) is 10.5. The van der Waals surface area contributed by atoms with Crippen molar-refractivity contribution in [3.05, 3.63) is 22.6 Å². The van der Waals surface area contributed by atoms with Crippen molar-refractivity contribution in [3.63, 3.8) is 0 Å². The molecule has 0 aromatic heterocycles. The predicted octanol–water partition coefficient (Wildman–Crippen LogP) is 3.48. The fraction of sp³-hybridized carbons (Fsp3) is 0.571. The van der Waals surface area contributed by atoms with Crippen molar-refractivity contribution >= 4 is 24.2 Å². The number of hydrogen-bond acceptors (Lipinski definition) is 3. The quantitative estimate of drug-likeness (QED) is 0.446. The Bertz CT molecular complexity index is 366. The summed E-state index contributed by atoms with van der Waals surface area (Å²) in [4.78, 5) is 23.5. The van der Waals surface area contributed by atoms with Gasteiger partial charge in [-0.1, -0.05) is 39.5 Å². The minimum atomic E-state index is -0.150. The van der Waals surface area contributed by atoms with Gasteiger partial charge in [0.05, 0.1) is 4.91 Å². The summed E-state index contributed by atoms with van der Waals surface area (Å²) >= 11 is 4.17. The van der Waals surface area contributed by atoms with E-state index in [0.717, 1.165) is 12.8 Å². The molecule has 94 valence electrons. The fourth-order valence-electron chi connectivity index (χ4n) is 2.07. The van der Waals surface area contributed by atoms with Crippen molar-refractivity contribution in [2.24, 2.45) is 5.92 Å². The Labute approximate surface area is 109 Å². The lowest BCUT2D eigenvalue weighted by Crippen LogP contribution is -2.17. The van der Waals surface area contributed by atoms with Gasteiger partial charge in [0.1, 0.15) is 0 Å². The first kappa shape index (κ1) is 14.2. The molecule has 1 rings (SSSR count). The predicted molar refractivity (Wildman–Crippen MR) is 73.1 cm³/mol. The van der Waals surface area contributed by atoms with Crippen LogP contribution in [-0.2, 0) is 9.59 Å². The number of rotatable bonds is 6. The molecule has 0 fully saturated rings. The SMILES string of the molecule is CCCCCCC(C)C1=C(S)C(=O)C=CC1=O. The van der Waals surface area contributed by atoms with Gasteiger partial charge in [0, 0.05) is 5.57 Å². The molecule has 0 amide bonds. The molecule has 0 N–H and O–H groups in total. The first-order valence-electron chi connectivity index (χ1n) is 6.27. The maximum Gasteiger partial charge on any atom is 0.192 e. The van der Waals surface area contributed by atoms with Crippen molar-refractivity contribution in [3.8, 4) is 0 Å². The van der Waals surface area contributed by atoms with Crippen LogP contribution in [0.25, 0.3) is 0 Å². The van der Waals surface area contributed by atoms with Crippen LogP contribution in [0.1, 0.15) is 46.0 Å². The van der Waals surface area contributed by atoms with Gasteiger partial charge in [-0.05, 0) is 24.5 Å². The van der Waals surface area contributed by atoms with Gasteiger partial charge in [0.15, 0.2) is 11.6 Å². The number of unbranched alkanes of at least 4 members (excludes halogenated alkanes) is 3. The topological polar surface area (TPSA) is 34.1 Å². The van der Waals surface area contributed by atoms with Gasteiger partial charge in [-0.3, -0.25) is 9.59 Å². The molecule has 0 spiro atoms. The minimum absolute atomic E-state index is 0.0578. The second-order valence-corrected chi connectivity index (χ2v) is 5.02. The third-order valence-electron chi connectivity index (χ3n) is 3.12. The highest BCUT2D eigenvalue weighted by Gasteiger charge is 2.24. The number of thiol groups is 1. The molecule has 0 saturated heterocycles. The molecule has 2 nitrogen and oxygen atoms in total. The average Bonchev–Trinajstić information content (AvgIpc) is 2.30. The second-order valence-electron chi connectivity index (χ2n) is 4.57. The van der Waals surface area contributed by atoms with E-state index < -0.39 is 0 Å². The van der Waals surface area contributed by atoms with Gasteiger partial charge >= 0.3 is 0 Å². The van der Waals surface area contributed by atoms with E-state index in [-0.39, 0.29) is 17.5 Å². The van der Waals surface area contributed by atoms with E-state index in [2.05, 4.69) is 19.6 Å². The van der Waals surface area contributed by atoms with Gasteiger partial charge in [-0.15, -0.1) is 12.6 Å². The molecule has 0 bridgehead atoms. The third-order valence-corrected chi connectivity index (χ3v) is 3.58. The standard InChI is InChI=1S/C14H20O2S/c1-3-4-5-6-7-10(2)13-11(15)8-9-12(16)14(13)17/h8-10,17H,3-7H2,1-2H3. The number of allylic oxidation sites excluding steroid dienone is 4. The van der Waals surface area contributed by atoms with E-state index in [1.165, 1.54) is 31.4 Å². The lowest BCUT2D eigenvalue weighted by Gasteiger charge is -2.17. The molecule has 3 heteroatoms. The summed E-state index contributed by atoms with van der Waals surface area (Å²) in [6.45, 7) is 4.17. The molecule has 17 heavy (non-hydrogen) atoms. The average molecular weight is 252 g/mol. The molecule has 0 aliphatic heterocycles. The summed E-state index contributed by atoms with van der Waals surface area (Å²) in [6, 6.07) is 0. The molecular weight excluding hydrogens is 232 g/mol. The Hall–Kier alpha value is -0.830. The smallest absolute Gasteiger partial charge is 0.192 e. The summed E-state index contributed by atoms with van der Waals surface area (Å²) < 4.78 is 0. The number of carbonyl (C=O) groups excluding carboxylic acids is 2. The maximum atomic E-state index is 11.7. The third kappa shape index (κ3) is 3.84. The van der Waals surface area contributed by atoms with Crippen LogP contribution in [0.4, 0.5) is 0 Å². The van der Waals surface area contributed by atoms with Crippen molar-refractivity contribution in [2.75, 3.05) is 0 Å². The first-order chi connectivity index (χ1) is 8.07. The normalized spacial score (nSPS) is 17.8. The molecule has 1 aliphatic carbocycles. The van der Waals surface area contributed by atoms with Crippen LogP contribution in [0.2, 0.25) is 0 Å². The zero-order valence-corrected chi connectivity index (χ0v) is 11.4. The lowest BCUT2D eigenvalue weighted by molar-refractivity contribution is -0.115. The summed E-state index contributed by atoms with van der Waals surface area (Å²) in [5.41, 5.74) is 0.595. The van der Waals surface area contributed by atoms with Gasteiger partial charge in [-0.25, -0.2) is 0 Å². The maximum absolute atomic E-state index is 11.7. The van der Waals surface area contributed by atoms with Gasteiger partial charge in [0.25, 0.3) is 0 Å². The van der Waals surface area contributed by atoms with Crippen molar-refractivity contribution in [2.45, 2.75) is 46.0 Å². The Morgan fingerprint density at radius 2 is 1.76 bits per heavy atom. The first-order valence-corrected chi connectivity index (χ1v) is 6.72. The van der Waals surface area contributed by atoms with Crippen LogP contribution in [0.15, 0.2) is 22.6 Å². The molecule has 1 atom stereocenters. The number of carbonyl (C=O) groups is 2. The number of ketones is 2. The molecule has 1 unspecified atom stereocenters. The highest BCUT2D eigenvalue weighted by atomic mass is 32.1. The highest BCUT2D eigenvalue weighted by Crippen LogP contribution is 2.27. The summed E-state index contributed by atoms with van der Waals surface area (Å²) in [5, 5.41) is 0. The van der Waals surface area contributed by atoms with Gasteiger partial charge in [0.2, 0.25) is 0 Å². The Morgan fingerprint density at radius 1 is 1.12 bits per heavy atom. The van der Waals surface area contributed by atoms with E-state index in [1.54, 1.807) is 0 Å². The fourth-order valence-corrected chi connectivity index (χ4v) is 2.47.